The lowest BCUT2D eigenvalue weighted by Gasteiger charge is -2.25. The molecule has 0 saturated carbocycles. The van der Waals surface area contributed by atoms with E-state index in [-0.39, 0.29) is 0 Å². The van der Waals surface area contributed by atoms with E-state index >= 15 is 0 Å². The number of rotatable bonds is 8. The van der Waals surface area contributed by atoms with E-state index in [9.17, 15) is 9.90 Å². The van der Waals surface area contributed by atoms with E-state index in [4.69, 9.17) is 0 Å². The molecule has 1 rings (SSSR count). The van der Waals surface area contributed by atoms with Gasteiger partial charge in [-0.1, -0.05) is 31.5 Å². The normalized spacial score (nSPS) is 14.1. The summed E-state index contributed by atoms with van der Waals surface area (Å²) in [6.07, 6.45) is 1.51. The number of carbonyl (C=O) groups is 1. The number of thioether (sulfide) groups is 1. The summed E-state index contributed by atoms with van der Waals surface area (Å²) in [5.74, 6) is 0.102. The summed E-state index contributed by atoms with van der Waals surface area (Å²) < 4.78 is 0. The van der Waals surface area contributed by atoms with Gasteiger partial charge in [-0.15, -0.1) is 11.8 Å². The maximum Gasteiger partial charge on any atom is 0.323 e. The minimum absolute atomic E-state index is 0.651. The Balaban J connectivity index is 2.34. The molecule has 4 heteroatoms. The van der Waals surface area contributed by atoms with Crippen LogP contribution in [0.4, 0.5) is 0 Å². The summed E-state index contributed by atoms with van der Waals surface area (Å²) in [4.78, 5) is 12.4. The molecule has 100 valence electrons. The monoisotopic (exact) mass is 267 g/mol. The molecule has 1 aromatic carbocycles. The van der Waals surface area contributed by atoms with Gasteiger partial charge in [-0.2, -0.15) is 0 Å². The second-order valence-electron chi connectivity index (χ2n) is 4.48. The Morgan fingerprint density at radius 1 is 1.39 bits per heavy atom. The van der Waals surface area contributed by atoms with Gasteiger partial charge in [0.25, 0.3) is 0 Å². The van der Waals surface area contributed by atoms with E-state index in [0.717, 1.165) is 12.2 Å². The molecular weight excluding hydrogens is 246 g/mol. The van der Waals surface area contributed by atoms with Gasteiger partial charge in [0.1, 0.15) is 5.54 Å². The Kier molecular flexibility index (Phi) is 6.22. The van der Waals surface area contributed by atoms with Gasteiger partial charge < -0.3 is 10.4 Å². The van der Waals surface area contributed by atoms with Crippen LogP contribution in [0, 0.1) is 0 Å². The Morgan fingerprint density at radius 3 is 2.61 bits per heavy atom. The first-order chi connectivity index (χ1) is 8.58. The van der Waals surface area contributed by atoms with Crippen LogP contribution in [-0.2, 0) is 4.79 Å². The van der Waals surface area contributed by atoms with E-state index in [1.165, 1.54) is 4.90 Å². The summed E-state index contributed by atoms with van der Waals surface area (Å²) in [5, 5.41) is 12.4. The zero-order chi connectivity index (χ0) is 13.4. The van der Waals surface area contributed by atoms with Crippen LogP contribution >= 0.6 is 11.8 Å². The molecule has 0 bridgehead atoms. The third-order valence-electron chi connectivity index (χ3n) is 2.85. The van der Waals surface area contributed by atoms with Crippen molar-refractivity contribution in [3.05, 3.63) is 30.3 Å². The average Bonchev–Trinajstić information content (AvgIpc) is 2.36. The highest BCUT2D eigenvalue weighted by molar-refractivity contribution is 7.99. The molecule has 1 unspecified atom stereocenters. The quantitative estimate of drug-likeness (QED) is 0.561. The van der Waals surface area contributed by atoms with Crippen LogP contribution in [0.5, 0.6) is 0 Å². The number of aliphatic carboxylic acids is 1. The Morgan fingerprint density at radius 2 is 2.06 bits per heavy atom. The van der Waals surface area contributed by atoms with Gasteiger partial charge in [0.05, 0.1) is 0 Å². The first kappa shape index (κ1) is 15.1. The molecule has 0 fully saturated rings. The molecule has 1 atom stereocenters. The summed E-state index contributed by atoms with van der Waals surface area (Å²) in [6.45, 7) is 4.45. The Labute approximate surface area is 113 Å². The number of hydrogen-bond donors (Lipinski definition) is 2. The lowest BCUT2D eigenvalue weighted by molar-refractivity contribution is -0.144. The fourth-order valence-electron chi connectivity index (χ4n) is 1.78. The predicted molar refractivity (Wildman–Crippen MR) is 76.1 cm³/mol. The largest absolute Gasteiger partial charge is 0.480 e. The van der Waals surface area contributed by atoms with E-state index in [0.29, 0.717) is 13.0 Å². The predicted octanol–water partition coefficient (Wildman–Crippen LogP) is 3.01. The molecule has 0 radical (unpaired) electrons. The minimum atomic E-state index is -0.800. The van der Waals surface area contributed by atoms with E-state index in [1.54, 1.807) is 18.7 Å². The van der Waals surface area contributed by atoms with Crippen LogP contribution < -0.4 is 5.32 Å². The number of nitrogens with one attached hydrogen (secondary N) is 1. The van der Waals surface area contributed by atoms with Crippen LogP contribution in [0.15, 0.2) is 35.2 Å². The Bertz CT molecular complexity index is 369. The molecule has 0 aliphatic rings. The van der Waals surface area contributed by atoms with Crippen molar-refractivity contribution in [2.24, 2.45) is 0 Å². The van der Waals surface area contributed by atoms with Crippen LogP contribution in [0.2, 0.25) is 0 Å². The highest BCUT2D eigenvalue weighted by Gasteiger charge is 2.30. The third kappa shape index (κ3) is 4.70. The van der Waals surface area contributed by atoms with E-state index < -0.39 is 11.5 Å². The second kappa shape index (κ2) is 7.44. The van der Waals surface area contributed by atoms with Crippen molar-refractivity contribution in [1.29, 1.82) is 0 Å². The van der Waals surface area contributed by atoms with Crippen molar-refractivity contribution >= 4 is 17.7 Å². The zero-order valence-electron chi connectivity index (χ0n) is 11.0. The van der Waals surface area contributed by atoms with Crippen molar-refractivity contribution in [2.45, 2.75) is 37.1 Å². The first-order valence-corrected chi connectivity index (χ1v) is 7.23. The fourth-order valence-corrected chi connectivity index (χ4v) is 2.57. The van der Waals surface area contributed by atoms with Gasteiger partial charge in [-0.25, -0.2) is 0 Å². The molecule has 0 aliphatic heterocycles. The Hall–Kier alpha value is -1.00. The average molecular weight is 267 g/mol. The lowest BCUT2D eigenvalue weighted by Crippen LogP contribution is -2.50. The summed E-state index contributed by atoms with van der Waals surface area (Å²) in [7, 11) is 0. The standard InChI is InChI=1S/C14H21NO2S/c1-3-9-14(2,13(16)17)15-10-11-18-12-7-5-4-6-8-12/h4-8,15H,3,9-11H2,1-2H3,(H,16,17). The molecule has 0 aliphatic carbocycles. The number of carboxylic acid groups (broad SMARTS) is 1. The zero-order valence-corrected chi connectivity index (χ0v) is 11.8. The molecule has 3 nitrogen and oxygen atoms in total. The third-order valence-corrected chi connectivity index (χ3v) is 3.86. The highest BCUT2D eigenvalue weighted by atomic mass is 32.2. The molecule has 0 spiro atoms. The molecule has 1 aromatic rings. The first-order valence-electron chi connectivity index (χ1n) is 6.25. The molecule has 0 amide bonds. The maximum absolute atomic E-state index is 11.2. The highest BCUT2D eigenvalue weighted by Crippen LogP contribution is 2.17. The molecule has 18 heavy (non-hydrogen) atoms. The smallest absolute Gasteiger partial charge is 0.323 e. The molecule has 0 heterocycles. The minimum Gasteiger partial charge on any atom is -0.480 e. The molecule has 2 N–H and O–H groups in total. The number of benzene rings is 1. The fraction of sp³-hybridized carbons (Fsp3) is 0.500. The van der Waals surface area contributed by atoms with Gasteiger partial charge in [-0.3, -0.25) is 4.79 Å². The van der Waals surface area contributed by atoms with Gasteiger partial charge in [0.2, 0.25) is 0 Å². The lowest BCUT2D eigenvalue weighted by atomic mass is 9.96. The summed E-state index contributed by atoms with van der Waals surface area (Å²) in [6, 6.07) is 10.1. The van der Waals surface area contributed by atoms with Crippen molar-refractivity contribution in [2.75, 3.05) is 12.3 Å². The van der Waals surface area contributed by atoms with E-state index in [2.05, 4.69) is 17.4 Å². The summed E-state index contributed by atoms with van der Waals surface area (Å²) >= 11 is 1.74. The van der Waals surface area contributed by atoms with Crippen LogP contribution in [0.25, 0.3) is 0 Å². The topological polar surface area (TPSA) is 49.3 Å². The van der Waals surface area contributed by atoms with Gasteiger partial charge in [0.15, 0.2) is 0 Å². The molecule has 0 saturated heterocycles. The van der Waals surface area contributed by atoms with E-state index in [1.807, 2.05) is 25.1 Å². The van der Waals surface area contributed by atoms with Crippen LogP contribution in [0.1, 0.15) is 26.7 Å². The van der Waals surface area contributed by atoms with Gasteiger partial charge in [-0.05, 0) is 25.5 Å². The van der Waals surface area contributed by atoms with Crippen molar-refractivity contribution < 1.29 is 9.90 Å². The number of hydrogen-bond acceptors (Lipinski definition) is 3. The molecule has 0 aromatic heterocycles. The van der Waals surface area contributed by atoms with Crippen molar-refractivity contribution in [1.82, 2.24) is 5.32 Å². The van der Waals surface area contributed by atoms with Gasteiger partial charge >= 0.3 is 5.97 Å². The van der Waals surface area contributed by atoms with Crippen LogP contribution in [0.3, 0.4) is 0 Å². The van der Waals surface area contributed by atoms with Crippen LogP contribution in [-0.4, -0.2) is 28.9 Å². The van der Waals surface area contributed by atoms with Gasteiger partial charge in [0, 0.05) is 17.2 Å². The number of carboxylic acids is 1. The second-order valence-corrected chi connectivity index (χ2v) is 5.64. The van der Waals surface area contributed by atoms with Crippen molar-refractivity contribution in [3.63, 3.8) is 0 Å². The van der Waals surface area contributed by atoms with Crippen molar-refractivity contribution in [3.8, 4) is 0 Å². The summed E-state index contributed by atoms with van der Waals surface area (Å²) in [5.41, 5.74) is -0.800. The molecular formula is C14H21NO2S. The maximum atomic E-state index is 11.2. The SMILES string of the molecule is CCCC(C)(NCCSc1ccccc1)C(=O)O.